The predicted molar refractivity (Wildman–Crippen MR) is 87.8 cm³/mol. The molecule has 108 valence electrons. The van der Waals surface area contributed by atoms with Crippen LogP contribution in [-0.2, 0) is 13.2 Å². The molecule has 0 unspecified atom stereocenters. The highest BCUT2D eigenvalue weighted by Gasteiger charge is 2.09. The van der Waals surface area contributed by atoms with Crippen LogP contribution in [0.15, 0.2) is 48.1 Å². The summed E-state index contributed by atoms with van der Waals surface area (Å²) in [5.74, 6) is 0.947. The molecule has 4 heteroatoms. The standard InChI is InChI=1S/C17H18N2OS/c1-2-18-10-16-15-6-4-3-5-13(15)7-8-17(16)20-11-14-9-19-12-21-14/h3-9,12,18H,2,10-11H2,1H3. The lowest BCUT2D eigenvalue weighted by Gasteiger charge is -2.14. The Morgan fingerprint density at radius 3 is 2.90 bits per heavy atom. The van der Waals surface area contributed by atoms with Crippen molar-refractivity contribution >= 4 is 22.1 Å². The van der Waals surface area contributed by atoms with Crippen molar-refractivity contribution in [3.63, 3.8) is 0 Å². The van der Waals surface area contributed by atoms with Crippen LogP contribution in [0.2, 0.25) is 0 Å². The first kappa shape index (κ1) is 14.0. The van der Waals surface area contributed by atoms with Crippen LogP contribution >= 0.6 is 11.3 Å². The van der Waals surface area contributed by atoms with Crippen molar-refractivity contribution in [1.29, 1.82) is 0 Å². The molecule has 0 aliphatic heterocycles. The van der Waals surface area contributed by atoms with E-state index in [4.69, 9.17) is 4.74 Å². The van der Waals surface area contributed by atoms with Crippen LogP contribution in [0.5, 0.6) is 5.75 Å². The molecule has 21 heavy (non-hydrogen) atoms. The monoisotopic (exact) mass is 298 g/mol. The van der Waals surface area contributed by atoms with Gasteiger partial charge in [0.2, 0.25) is 0 Å². The van der Waals surface area contributed by atoms with E-state index in [-0.39, 0.29) is 0 Å². The molecule has 0 spiro atoms. The third kappa shape index (κ3) is 3.23. The highest BCUT2D eigenvalue weighted by Crippen LogP contribution is 2.29. The minimum atomic E-state index is 0.572. The topological polar surface area (TPSA) is 34.1 Å². The molecule has 1 N–H and O–H groups in total. The molecule has 3 rings (SSSR count). The maximum Gasteiger partial charge on any atom is 0.124 e. The van der Waals surface area contributed by atoms with E-state index in [0.29, 0.717) is 6.61 Å². The molecule has 1 heterocycles. The van der Waals surface area contributed by atoms with Crippen molar-refractivity contribution in [2.24, 2.45) is 0 Å². The van der Waals surface area contributed by atoms with E-state index < -0.39 is 0 Å². The predicted octanol–water partition coefficient (Wildman–Crippen LogP) is 3.98. The van der Waals surface area contributed by atoms with Crippen LogP contribution in [0.25, 0.3) is 10.8 Å². The number of rotatable bonds is 6. The number of benzene rings is 2. The van der Waals surface area contributed by atoms with Crippen LogP contribution in [0.3, 0.4) is 0 Å². The summed E-state index contributed by atoms with van der Waals surface area (Å²) in [7, 11) is 0. The first-order valence-electron chi connectivity index (χ1n) is 7.10. The van der Waals surface area contributed by atoms with Gasteiger partial charge in [-0.25, -0.2) is 0 Å². The molecule has 3 aromatic rings. The average Bonchev–Trinajstić information content (AvgIpc) is 3.04. The Morgan fingerprint density at radius 2 is 2.10 bits per heavy atom. The number of fused-ring (bicyclic) bond motifs is 1. The molecule has 0 saturated heterocycles. The Kier molecular flexibility index (Phi) is 4.48. The Bertz CT molecular complexity index is 710. The van der Waals surface area contributed by atoms with Gasteiger partial charge in [-0.2, -0.15) is 0 Å². The normalized spacial score (nSPS) is 10.9. The smallest absolute Gasteiger partial charge is 0.124 e. The van der Waals surface area contributed by atoms with Crippen molar-refractivity contribution < 1.29 is 4.74 Å². The second-order valence-electron chi connectivity index (χ2n) is 4.80. The van der Waals surface area contributed by atoms with Gasteiger partial charge < -0.3 is 10.1 Å². The van der Waals surface area contributed by atoms with Crippen LogP contribution in [-0.4, -0.2) is 11.5 Å². The van der Waals surface area contributed by atoms with Gasteiger partial charge in [0.15, 0.2) is 0 Å². The Balaban J connectivity index is 1.92. The number of hydrogen-bond donors (Lipinski definition) is 1. The molecule has 3 nitrogen and oxygen atoms in total. The zero-order valence-electron chi connectivity index (χ0n) is 12.0. The highest BCUT2D eigenvalue weighted by molar-refractivity contribution is 7.09. The van der Waals surface area contributed by atoms with Gasteiger partial charge in [0.25, 0.3) is 0 Å². The largest absolute Gasteiger partial charge is 0.488 e. The molecule has 0 fully saturated rings. The second kappa shape index (κ2) is 6.70. The van der Waals surface area contributed by atoms with Crippen LogP contribution in [0.1, 0.15) is 17.4 Å². The van der Waals surface area contributed by atoms with E-state index in [0.717, 1.165) is 23.7 Å². The summed E-state index contributed by atoms with van der Waals surface area (Å²) in [5, 5.41) is 5.90. The Labute approximate surface area is 128 Å². The minimum Gasteiger partial charge on any atom is -0.488 e. The van der Waals surface area contributed by atoms with Crippen LogP contribution in [0, 0.1) is 0 Å². The molecule has 0 radical (unpaired) electrons. The molecular weight excluding hydrogens is 280 g/mol. The van der Waals surface area contributed by atoms with Gasteiger partial charge in [0, 0.05) is 18.3 Å². The first-order valence-corrected chi connectivity index (χ1v) is 7.98. The molecule has 1 aromatic heterocycles. The molecule has 0 saturated carbocycles. The van der Waals surface area contributed by atoms with Crippen LogP contribution < -0.4 is 10.1 Å². The van der Waals surface area contributed by atoms with Crippen molar-refractivity contribution in [3.05, 3.63) is 58.5 Å². The van der Waals surface area contributed by atoms with E-state index >= 15 is 0 Å². The maximum absolute atomic E-state index is 6.02. The molecule has 0 aliphatic carbocycles. The lowest BCUT2D eigenvalue weighted by atomic mass is 10.0. The van der Waals surface area contributed by atoms with Gasteiger partial charge in [-0.1, -0.05) is 37.3 Å². The quantitative estimate of drug-likeness (QED) is 0.747. The minimum absolute atomic E-state index is 0.572. The summed E-state index contributed by atoms with van der Waals surface area (Å²) >= 11 is 1.62. The molecule has 2 aromatic carbocycles. The zero-order chi connectivity index (χ0) is 14.5. The molecule has 0 atom stereocenters. The molecule has 0 amide bonds. The highest BCUT2D eigenvalue weighted by atomic mass is 32.1. The number of hydrogen-bond acceptors (Lipinski definition) is 4. The van der Waals surface area contributed by atoms with Gasteiger partial charge in [-0.15, -0.1) is 11.3 Å². The van der Waals surface area contributed by atoms with E-state index in [1.54, 1.807) is 11.3 Å². The summed E-state index contributed by atoms with van der Waals surface area (Å²) < 4.78 is 6.02. The van der Waals surface area contributed by atoms with Gasteiger partial charge in [-0.3, -0.25) is 4.98 Å². The lowest BCUT2D eigenvalue weighted by molar-refractivity contribution is 0.306. The fraction of sp³-hybridized carbons (Fsp3) is 0.235. The first-order chi connectivity index (χ1) is 10.4. The third-order valence-corrected chi connectivity index (χ3v) is 4.16. The van der Waals surface area contributed by atoms with Gasteiger partial charge in [0.1, 0.15) is 12.4 Å². The third-order valence-electron chi connectivity index (χ3n) is 3.40. The average molecular weight is 298 g/mol. The fourth-order valence-electron chi connectivity index (χ4n) is 2.35. The van der Waals surface area contributed by atoms with Gasteiger partial charge in [0.05, 0.1) is 10.4 Å². The summed E-state index contributed by atoms with van der Waals surface area (Å²) in [6, 6.07) is 12.6. The number of thiazole rings is 1. The van der Waals surface area contributed by atoms with Crippen molar-refractivity contribution in [2.45, 2.75) is 20.1 Å². The van der Waals surface area contributed by atoms with Gasteiger partial charge in [-0.05, 0) is 23.4 Å². The summed E-state index contributed by atoms with van der Waals surface area (Å²) in [4.78, 5) is 5.22. The second-order valence-corrected chi connectivity index (χ2v) is 5.77. The van der Waals surface area contributed by atoms with Gasteiger partial charge >= 0.3 is 0 Å². The van der Waals surface area contributed by atoms with Crippen LogP contribution in [0.4, 0.5) is 0 Å². The number of aromatic nitrogens is 1. The SMILES string of the molecule is CCNCc1c(OCc2cncs2)ccc2ccccc12. The van der Waals surface area contributed by atoms with E-state index in [1.165, 1.54) is 16.3 Å². The van der Waals surface area contributed by atoms with E-state index in [9.17, 15) is 0 Å². The van der Waals surface area contributed by atoms with Crippen molar-refractivity contribution in [2.75, 3.05) is 6.54 Å². The van der Waals surface area contributed by atoms with E-state index in [1.807, 2.05) is 11.7 Å². The molecule has 0 bridgehead atoms. The van der Waals surface area contributed by atoms with Crippen molar-refractivity contribution in [3.8, 4) is 5.75 Å². The maximum atomic E-state index is 6.02. The van der Waals surface area contributed by atoms with Crippen molar-refractivity contribution in [1.82, 2.24) is 10.3 Å². The molecular formula is C17H18N2OS. The Hall–Kier alpha value is -1.91. The zero-order valence-corrected chi connectivity index (χ0v) is 12.8. The summed E-state index contributed by atoms with van der Waals surface area (Å²) in [5.41, 5.74) is 3.05. The van der Waals surface area contributed by atoms with E-state index in [2.05, 4.69) is 53.6 Å². The number of nitrogens with zero attached hydrogens (tertiary/aromatic N) is 1. The Morgan fingerprint density at radius 1 is 1.19 bits per heavy atom. The number of ether oxygens (including phenoxy) is 1. The molecule has 0 aliphatic rings. The fourth-order valence-corrected chi connectivity index (χ4v) is 2.85. The number of nitrogens with one attached hydrogen (secondary N) is 1. The summed E-state index contributed by atoms with van der Waals surface area (Å²) in [6.07, 6.45) is 1.86. The lowest BCUT2D eigenvalue weighted by Crippen LogP contribution is -2.13. The summed E-state index contributed by atoms with van der Waals surface area (Å²) in [6.45, 7) is 4.44.